The highest BCUT2D eigenvalue weighted by atomic mass is 35.5. The standard InChI is InChI=1S/C18H15ClN2O3S/c1-11-18(12-3-5-13(19)6-4-12)21-15-8-7-14(25(2,22)23)9-16(15)24-10-17(21)20-11/h3-9H,10H2,1-2H3. The van der Waals surface area contributed by atoms with Crippen LogP contribution in [0.15, 0.2) is 47.4 Å². The summed E-state index contributed by atoms with van der Waals surface area (Å²) in [6.45, 7) is 2.23. The first-order valence-electron chi connectivity index (χ1n) is 7.66. The highest BCUT2D eigenvalue weighted by molar-refractivity contribution is 7.90. The Kier molecular flexibility index (Phi) is 3.63. The third kappa shape index (κ3) is 2.71. The summed E-state index contributed by atoms with van der Waals surface area (Å²) in [6, 6.07) is 12.5. The zero-order chi connectivity index (χ0) is 17.8. The van der Waals surface area contributed by atoms with Crippen LogP contribution in [0.1, 0.15) is 11.5 Å². The first-order valence-corrected chi connectivity index (χ1v) is 9.93. The molecule has 1 aromatic heterocycles. The van der Waals surface area contributed by atoms with Gasteiger partial charge in [0.15, 0.2) is 15.7 Å². The predicted octanol–water partition coefficient (Wildman–Crippen LogP) is 3.80. The molecule has 0 fully saturated rings. The molecule has 0 unspecified atom stereocenters. The molecule has 3 aromatic rings. The Balaban J connectivity index is 1.94. The Bertz CT molecular complexity index is 1090. The van der Waals surface area contributed by atoms with Gasteiger partial charge in [-0.3, -0.25) is 4.57 Å². The number of sulfone groups is 1. The minimum absolute atomic E-state index is 0.236. The van der Waals surface area contributed by atoms with Crippen LogP contribution in [-0.4, -0.2) is 24.2 Å². The topological polar surface area (TPSA) is 61.2 Å². The Morgan fingerprint density at radius 3 is 2.56 bits per heavy atom. The van der Waals surface area contributed by atoms with Crippen LogP contribution in [0.25, 0.3) is 16.9 Å². The lowest BCUT2D eigenvalue weighted by Gasteiger charge is -2.22. The molecule has 0 aliphatic carbocycles. The van der Waals surface area contributed by atoms with Gasteiger partial charge in [-0.25, -0.2) is 13.4 Å². The summed E-state index contributed by atoms with van der Waals surface area (Å²) in [5.41, 5.74) is 3.59. The van der Waals surface area contributed by atoms with E-state index in [1.165, 1.54) is 6.26 Å². The first kappa shape index (κ1) is 16.2. The van der Waals surface area contributed by atoms with Crippen molar-refractivity contribution in [3.8, 4) is 22.7 Å². The average Bonchev–Trinajstić information content (AvgIpc) is 2.90. The maximum absolute atomic E-state index is 11.8. The van der Waals surface area contributed by atoms with Gasteiger partial charge in [0.05, 0.1) is 22.0 Å². The van der Waals surface area contributed by atoms with Crippen molar-refractivity contribution >= 4 is 21.4 Å². The Morgan fingerprint density at radius 2 is 1.88 bits per heavy atom. The zero-order valence-corrected chi connectivity index (χ0v) is 15.2. The molecule has 0 radical (unpaired) electrons. The molecule has 0 saturated heterocycles. The van der Waals surface area contributed by atoms with Gasteiger partial charge < -0.3 is 4.74 Å². The molecule has 0 saturated carbocycles. The molecular formula is C18H15ClN2O3S. The lowest BCUT2D eigenvalue weighted by molar-refractivity contribution is 0.279. The summed E-state index contributed by atoms with van der Waals surface area (Å²) in [5.74, 6) is 1.31. The number of nitrogens with zero attached hydrogens (tertiary/aromatic N) is 2. The van der Waals surface area contributed by atoms with Crippen LogP contribution in [-0.2, 0) is 16.4 Å². The van der Waals surface area contributed by atoms with Crippen molar-refractivity contribution in [2.75, 3.05) is 6.26 Å². The number of fused-ring (bicyclic) bond motifs is 3. The van der Waals surface area contributed by atoms with Crippen molar-refractivity contribution in [3.05, 3.63) is 59.0 Å². The second-order valence-electron chi connectivity index (χ2n) is 5.99. The molecule has 2 aromatic carbocycles. The minimum atomic E-state index is -3.30. The van der Waals surface area contributed by atoms with Crippen LogP contribution < -0.4 is 4.74 Å². The van der Waals surface area contributed by atoms with Gasteiger partial charge in [0.25, 0.3) is 0 Å². The normalized spacial score (nSPS) is 13.1. The average molecular weight is 375 g/mol. The molecule has 0 bridgehead atoms. The highest BCUT2D eigenvalue weighted by Crippen LogP contribution is 2.37. The van der Waals surface area contributed by atoms with E-state index >= 15 is 0 Å². The fraction of sp³-hybridized carbons (Fsp3) is 0.167. The number of hydrogen-bond donors (Lipinski definition) is 0. The van der Waals surface area contributed by atoms with Gasteiger partial charge in [-0.2, -0.15) is 0 Å². The van der Waals surface area contributed by atoms with Crippen LogP contribution in [0.3, 0.4) is 0 Å². The van der Waals surface area contributed by atoms with Gasteiger partial charge >= 0.3 is 0 Å². The lowest BCUT2D eigenvalue weighted by Crippen LogP contribution is -2.14. The minimum Gasteiger partial charge on any atom is -0.483 e. The fourth-order valence-corrected chi connectivity index (χ4v) is 3.82. The smallest absolute Gasteiger partial charge is 0.175 e. The molecule has 1 aliphatic heterocycles. The van der Waals surface area contributed by atoms with E-state index in [0.29, 0.717) is 10.8 Å². The number of aromatic nitrogens is 2. The van der Waals surface area contributed by atoms with Gasteiger partial charge in [0.1, 0.15) is 12.4 Å². The summed E-state index contributed by atoms with van der Waals surface area (Å²) >= 11 is 6.00. The highest BCUT2D eigenvalue weighted by Gasteiger charge is 2.25. The molecule has 7 heteroatoms. The van der Waals surface area contributed by atoms with Gasteiger partial charge in [0, 0.05) is 22.9 Å². The molecular weight excluding hydrogens is 360 g/mol. The number of rotatable bonds is 2. The van der Waals surface area contributed by atoms with Crippen LogP contribution in [0.5, 0.6) is 5.75 Å². The summed E-state index contributed by atoms with van der Waals surface area (Å²) in [6.07, 6.45) is 1.18. The van der Waals surface area contributed by atoms with Crippen molar-refractivity contribution in [1.29, 1.82) is 0 Å². The Hall–Kier alpha value is -2.31. The van der Waals surface area contributed by atoms with Crippen molar-refractivity contribution in [2.45, 2.75) is 18.4 Å². The molecule has 0 N–H and O–H groups in total. The van der Waals surface area contributed by atoms with E-state index in [9.17, 15) is 8.42 Å². The molecule has 0 atom stereocenters. The van der Waals surface area contributed by atoms with Crippen LogP contribution in [0.4, 0.5) is 0 Å². The third-order valence-electron chi connectivity index (χ3n) is 4.20. The van der Waals surface area contributed by atoms with Gasteiger partial charge in [-0.15, -0.1) is 0 Å². The van der Waals surface area contributed by atoms with Crippen LogP contribution >= 0.6 is 11.6 Å². The van der Waals surface area contributed by atoms with E-state index in [-0.39, 0.29) is 11.5 Å². The van der Waals surface area contributed by atoms with Crippen LogP contribution in [0.2, 0.25) is 5.02 Å². The van der Waals surface area contributed by atoms with E-state index < -0.39 is 9.84 Å². The summed E-state index contributed by atoms with van der Waals surface area (Å²) in [7, 11) is -3.30. The van der Waals surface area contributed by atoms with E-state index in [0.717, 1.165) is 28.5 Å². The maximum atomic E-state index is 11.8. The van der Waals surface area contributed by atoms with E-state index in [4.69, 9.17) is 16.3 Å². The molecule has 0 amide bonds. The third-order valence-corrected chi connectivity index (χ3v) is 5.56. The molecule has 1 aliphatic rings. The zero-order valence-electron chi connectivity index (χ0n) is 13.7. The first-order chi connectivity index (χ1) is 11.8. The Morgan fingerprint density at radius 1 is 1.16 bits per heavy atom. The molecule has 2 heterocycles. The maximum Gasteiger partial charge on any atom is 0.175 e. The molecule has 4 rings (SSSR count). The number of ether oxygens (including phenoxy) is 1. The SMILES string of the molecule is Cc1nc2n(c1-c1ccc(Cl)cc1)-c1ccc(S(C)(=O)=O)cc1OC2. The summed E-state index contributed by atoms with van der Waals surface area (Å²) in [4.78, 5) is 4.84. The second kappa shape index (κ2) is 5.61. The number of benzene rings is 2. The van der Waals surface area contributed by atoms with Crippen molar-refractivity contribution in [2.24, 2.45) is 0 Å². The van der Waals surface area contributed by atoms with Crippen LogP contribution in [0, 0.1) is 6.92 Å². The molecule has 128 valence electrons. The molecule has 25 heavy (non-hydrogen) atoms. The summed E-state index contributed by atoms with van der Waals surface area (Å²) < 4.78 is 31.4. The van der Waals surface area contributed by atoms with E-state index in [1.54, 1.807) is 18.2 Å². The largest absolute Gasteiger partial charge is 0.483 e. The number of halogens is 1. The molecule has 5 nitrogen and oxygen atoms in total. The fourth-order valence-electron chi connectivity index (χ4n) is 3.06. The van der Waals surface area contributed by atoms with Crippen molar-refractivity contribution in [1.82, 2.24) is 9.55 Å². The number of imidazole rings is 1. The predicted molar refractivity (Wildman–Crippen MR) is 96.2 cm³/mol. The Labute approximate surface area is 150 Å². The molecule has 0 spiro atoms. The van der Waals surface area contributed by atoms with Gasteiger partial charge in [-0.05, 0) is 31.2 Å². The summed E-state index contributed by atoms with van der Waals surface area (Å²) in [5, 5.41) is 0.668. The lowest BCUT2D eigenvalue weighted by atomic mass is 10.1. The monoisotopic (exact) mass is 374 g/mol. The second-order valence-corrected chi connectivity index (χ2v) is 8.45. The number of hydrogen-bond acceptors (Lipinski definition) is 4. The quantitative estimate of drug-likeness (QED) is 0.684. The number of aryl methyl sites for hydroxylation is 1. The van der Waals surface area contributed by atoms with Crippen molar-refractivity contribution in [3.63, 3.8) is 0 Å². The van der Waals surface area contributed by atoms with Gasteiger partial charge in [0.2, 0.25) is 0 Å². The van der Waals surface area contributed by atoms with Gasteiger partial charge in [-0.1, -0.05) is 23.7 Å². The van der Waals surface area contributed by atoms with Crippen molar-refractivity contribution < 1.29 is 13.2 Å². The van der Waals surface area contributed by atoms with E-state index in [2.05, 4.69) is 4.98 Å². The van der Waals surface area contributed by atoms with E-state index in [1.807, 2.05) is 35.8 Å².